The van der Waals surface area contributed by atoms with Crippen LogP contribution in [0.25, 0.3) is 21.3 Å². The van der Waals surface area contributed by atoms with Crippen LogP contribution in [0.2, 0.25) is 0 Å². The van der Waals surface area contributed by atoms with E-state index >= 15 is 0 Å². The summed E-state index contributed by atoms with van der Waals surface area (Å²) in [6, 6.07) is 20.3. The fraction of sp³-hybridized carbons (Fsp3) is 0.342. The molecule has 0 spiro atoms. The predicted octanol–water partition coefficient (Wildman–Crippen LogP) is 8.41. The lowest BCUT2D eigenvalue weighted by Crippen LogP contribution is -2.42. The van der Waals surface area contributed by atoms with E-state index in [0.717, 1.165) is 55.4 Å². The van der Waals surface area contributed by atoms with Crippen molar-refractivity contribution in [3.8, 4) is 34.1 Å². The Hall–Kier alpha value is -4.28. The molecule has 48 heavy (non-hydrogen) atoms. The van der Waals surface area contributed by atoms with Gasteiger partial charge in [0.25, 0.3) is 0 Å². The number of fused-ring (bicyclic) bond motifs is 2. The smallest absolute Gasteiger partial charge is 0.233 e. The Morgan fingerprint density at radius 3 is 2.27 bits per heavy atom. The molecular formula is C38H41N3O5S2. The average Bonchev–Trinajstić information content (AvgIpc) is 3.55. The van der Waals surface area contributed by atoms with Gasteiger partial charge in [-0.05, 0) is 87.1 Å². The highest BCUT2D eigenvalue weighted by Crippen LogP contribution is 2.42. The molecule has 8 nitrogen and oxygen atoms in total. The zero-order valence-electron chi connectivity index (χ0n) is 27.9. The third kappa shape index (κ3) is 7.24. The Labute approximate surface area is 290 Å². The maximum atomic E-state index is 14.3. The van der Waals surface area contributed by atoms with Gasteiger partial charge in [0.05, 0.1) is 43.6 Å². The molecule has 0 aliphatic carbocycles. The first-order chi connectivity index (χ1) is 23.5. The number of hydrogen-bond acceptors (Lipinski definition) is 9. The minimum Gasteiger partial charge on any atom is -0.490 e. The van der Waals surface area contributed by atoms with Gasteiger partial charge in [-0.3, -0.25) is 4.79 Å². The highest BCUT2D eigenvalue weighted by Gasteiger charge is 2.33. The molecule has 6 rings (SSSR count). The van der Waals surface area contributed by atoms with Crippen LogP contribution in [-0.2, 0) is 17.6 Å². The van der Waals surface area contributed by atoms with Crippen LogP contribution in [0.1, 0.15) is 50.4 Å². The Bertz CT molecular complexity index is 1860. The van der Waals surface area contributed by atoms with Gasteiger partial charge in [-0.2, -0.15) is 0 Å². The number of thiophene rings is 1. The topological polar surface area (TPSA) is 83.0 Å². The van der Waals surface area contributed by atoms with Gasteiger partial charge in [0, 0.05) is 17.5 Å². The summed E-state index contributed by atoms with van der Waals surface area (Å²) in [5.41, 5.74) is 5.50. The summed E-state index contributed by atoms with van der Waals surface area (Å²) in [4.78, 5) is 26.4. The lowest BCUT2D eigenvalue weighted by Gasteiger charge is -2.38. The van der Waals surface area contributed by atoms with Gasteiger partial charge in [0.15, 0.2) is 23.0 Å². The number of nitrogens with zero attached hydrogens (tertiary/aromatic N) is 3. The molecule has 1 aliphatic heterocycles. The number of carbonyl (C=O) groups is 1. The fourth-order valence-electron chi connectivity index (χ4n) is 6.21. The Balaban J connectivity index is 1.33. The molecule has 1 unspecified atom stereocenters. The average molecular weight is 684 g/mol. The van der Waals surface area contributed by atoms with E-state index in [0.29, 0.717) is 50.9 Å². The molecule has 0 fully saturated rings. The van der Waals surface area contributed by atoms with Crippen molar-refractivity contribution in [3.05, 3.63) is 89.1 Å². The number of carbonyl (C=O) groups excluding carboxylic acids is 1. The summed E-state index contributed by atoms with van der Waals surface area (Å²) in [5.74, 6) is 3.18. The van der Waals surface area contributed by atoms with Crippen molar-refractivity contribution in [2.45, 2.75) is 51.6 Å². The van der Waals surface area contributed by atoms with E-state index in [1.54, 1.807) is 17.7 Å². The number of thioether (sulfide) groups is 1. The quantitative estimate of drug-likeness (QED) is 0.0853. The molecule has 2 aromatic heterocycles. The second kappa shape index (κ2) is 15.7. The van der Waals surface area contributed by atoms with Crippen LogP contribution < -0.4 is 18.9 Å². The monoisotopic (exact) mass is 683 g/mol. The molecular weight excluding hydrogens is 643 g/mol. The summed E-state index contributed by atoms with van der Waals surface area (Å²) < 4.78 is 23.8. The summed E-state index contributed by atoms with van der Waals surface area (Å²) in [7, 11) is 0. The summed E-state index contributed by atoms with van der Waals surface area (Å²) in [6.07, 6.45) is 2.92. The number of benzene rings is 3. The van der Waals surface area contributed by atoms with E-state index in [2.05, 4.69) is 45.7 Å². The van der Waals surface area contributed by atoms with Crippen LogP contribution in [-0.4, -0.2) is 59.5 Å². The molecule has 0 N–H and O–H groups in total. The zero-order chi connectivity index (χ0) is 33.5. The predicted molar refractivity (Wildman–Crippen MR) is 193 cm³/mol. The minimum atomic E-state index is -0.212. The van der Waals surface area contributed by atoms with Crippen molar-refractivity contribution in [3.63, 3.8) is 0 Å². The summed E-state index contributed by atoms with van der Waals surface area (Å²) in [5, 5.41) is 3.93. The van der Waals surface area contributed by atoms with Crippen molar-refractivity contribution in [1.82, 2.24) is 14.9 Å². The summed E-state index contributed by atoms with van der Waals surface area (Å²) in [6.45, 7) is 10.6. The van der Waals surface area contributed by atoms with Gasteiger partial charge < -0.3 is 23.8 Å². The van der Waals surface area contributed by atoms with E-state index < -0.39 is 0 Å². The van der Waals surface area contributed by atoms with Crippen LogP contribution in [0.15, 0.2) is 77.4 Å². The van der Waals surface area contributed by atoms with E-state index in [9.17, 15) is 4.79 Å². The molecule has 1 aliphatic rings. The number of ether oxygens (including phenoxy) is 4. The normalized spacial score (nSPS) is 14.1. The van der Waals surface area contributed by atoms with E-state index in [1.807, 2.05) is 62.9 Å². The lowest BCUT2D eigenvalue weighted by molar-refractivity contribution is -0.131. The fourth-order valence-corrected chi connectivity index (χ4v) is 8.09. The molecule has 1 amide bonds. The molecule has 0 saturated heterocycles. The molecule has 0 bridgehead atoms. The lowest BCUT2D eigenvalue weighted by atomic mass is 9.88. The van der Waals surface area contributed by atoms with Gasteiger partial charge >= 0.3 is 0 Å². The number of aromatic nitrogens is 2. The van der Waals surface area contributed by atoms with Gasteiger partial charge in [-0.1, -0.05) is 48.2 Å². The van der Waals surface area contributed by atoms with Crippen molar-refractivity contribution in [1.29, 1.82) is 0 Å². The van der Waals surface area contributed by atoms with Gasteiger partial charge in [0.1, 0.15) is 16.2 Å². The first-order valence-corrected chi connectivity index (χ1v) is 18.4. The highest BCUT2D eigenvalue weighted by molar-refractivity contribution is 8.00. The second-order valence-electron chi connectivity index (χ2n) is 11.2. The SMILES string of the molecule is CCOc1ccc(CC2c3cc(OCC)c(OCC)cc3CCN2C(=O)CSc2ncnc3scc(-c4ccccc4)c23)cc1OCC. The van der Waals surface area contributed by atoms with Gasteiger partial charge in [-0.25, -0.2) is 9.97 Å². The van der Waals surface area contributed by atoms with Crippen molar-refractivity contribution in [2.75, 3.05) is 38.7 Å². The Morgan fingerprint density at radius 1 is 0.854 bits per heavy atom. The minimum absolute atomic E-state index is 0.0571. The van der Waals surface area contributed by atoms with E-state index in [1.165, 1.54) is 17.3 Å². The second-order valence-corrected chi connectivity index (χ2v) is 13.1. The van der Waals surface area contributed by atoms with Gasteiger partial charge in [-0.15, -0.1) is 11.3 Å². The molecule has 3 aromatic carbocycles. The molecule has 3 heterocycles. The van der Waals surface area contributed by atoms with E-state index in [-0.39, 0.29) is 17.7 Å². The van der Waals surface area contributed by atoms with Crippen molar-refractivity contribution < 1.29 is 23.7 Å². The van der Waals surface area contributed by atoms with Gasteiger partial charge in [0.2, 0.25) is 5.91 Å². The van der Waals surface area contributed by atoms with Crippen molar-refractivity contribution in [2.24, 2.45) is 0 Å². The molecule has 250 valence electrons. The number of rotatable bonds is 14. The maximum Gasteiger partial charge on any atom is 0.233 e. The first-order valence-electron chi connectivity index (χ1n) is 16.5. The number of amides is 1. The molecule has 0 saturated carbocycles. The Kier molecular flexibility index (Phi) is 11.0. The third-order valence-corrected chi connectivity index (χ3v) is 10.1. The third-order valence-electron chi connectivity index (χ3n) is 8.27. The van der Waals surface area contributed by atoms with E-state index in [4.69, 9.17) is 18.9 Å². The maximum absolute atomic E-state index is 14.3. The van der Waals surface area contributed by atoms with Crippen LogP contribution in [0.4, 0.5) is 0 Å². The highest BCUT2D eigenvalue weighted by atomic mass is 32.2. The van der Waals surface area contributed by atoms with Crippen LogP contribution in [0.3, 0.4) is 0 Å². The molecule has 0 radical (unpaired) electrons. The standard InChI is InChI=1S/C38H41N3O5S2/c1-5-43-31-15-14-25(19-32(31)44-6-2)18-30-28-21-34(46-8-4)33(45-7-3)20-27(28)16-17-41(30)35(42)23-48-38-36-29(26-12-10-9-11-13-26)22-47-37(36)39-24-40-38/h9-15,19-22,24,30H,5-8,16-18,23H2,1-4H3. The van der Waals surface area contributed by atoms with Crippen molar-refractivity contribution >= 4 is 39.2 Å². The molecule has 10 heteroatoms. The van der Waals surface area contributed by atoms with Crippen LogP contribution >= 0.6 is 23.1 Å². The molecule has 1 atom stereocenters. The molecule has 5 aromatic rings. The zero-order valence-corrected chi connectivity index (χ0v) is 29.5. The van der Waals surface area contributed by atoms with Crippen LogP contribution in [0.5, 0.6) is 23.0 Å². The largest absolute Gasteiger partial charge is 0.490 e. The van der Waals surface area contributed by atoms with Crippen LogP contribution in [0, 0.1) is 0 Å². The summed E-state index contributed by atoms with van der Waals surface area (Å²) >= 11 is 3.07. The number of hydrogen-bond donors (Lipinski definition) is 0. The first kappa shape index (κ1) is 33.6. The Morgan fingerprint density at radius 2 is 1.54 bits per heavy atom.